The first-order valence-electron chi connectivity index (χ1n) is 9.62. The normalized spacial score (nSPS) is 13.7. The lowest BCUT2D eigenvalue weighted by Crippen LogP contribution is -2.31. The number of benzene rings is 2. The number of hydrogen-bond donors (Lipinski definition) is 3. The van der Waals surface area contributed by atoms with Gasteiger partial charge in [0.2, 0.25) is 15.9 Å². The van der Waals surface area contributed by atoms with Gasteiger partial charge in [0.15, 0.2) is 0 Å². The molecule has 2 aromatic carbocycles. The van der Waals surface area contributed by atoms with Crippen LogP contribution in [0, 0.1) is 5.92 Å². The molecule has 0 radical (unpaired) electrons. The molecule has 0 aliphatic heterocycles. The van der Waals surface area contributed by atoms with Crippen LogP contribution in [0.2, 0.25) is 0 Å². The zero-order valence-corrected chi connectivity index (χ0v) is 16.9. The average Bonchev–Trinajstić information content (AvgIpc) is 3.56. The molecule has 154 valence electrons. The average molecular weight is 416 g/mol. The molecule has 2 amide bonds. The van der Waals surface area contributed by atoms with Crippen LogP contribution in [0.1, 0.15) is 35.2 Å². The van der Waals surface area contributed by atoms with Gasteiger partial charge in [-0.3, -0.25) is 9.59 Å². The predicted octanol–water partition coefficient (Wildman–Crippen LogP) is 1.81. The zero-order valence-electron chi connectivity index (χ0n) is 16.1. The molecule has 2 aromatic rings. The van der Waals surface area contributed by atoms with Crippen molar-refractivity contribution in [2.75, 3.05) is 13.1 Å². The van der Waals surface area contributed by atoms with Crippen LogP contribution in [-0.4, -0.2) is 33.3 Å². The maximum absolute atomic E-state index is 12.3. The summed E-state index contributed by atoms with van der Waals surface area (Å²) in [5.41, 5.74) is 1.24. The Morgan fingerprint density at radius 1 is 0.966 bits per heavy atom. The maximum atomic E-state index is 12.3. The van der Waals surface area contributed by atoms with Crippen molar-refractivity contribution in [2.24, 2.45) is 5.92 Å². The van der Waals surface area contributed by atoms with Gasteiger partial charge in [0.25, 0.3) is 5.91 Å². The Kier molecular flexibility index (Phi) is 7.00. The highest BCUT2D eigenvalue weighted by Crippen LogP contribution is 2.28. The molecule has 0 spiro atoms. The molecule has 0 atom stereocenters. The second-order valence-corrected chi connectivity index (χ2v) is 8.86. The van der Waals surface area contributed by atoms with E-state index in [1.807, 2.05) is 30.3 Å². The second kappa shape index (κ2) is 9.67. The van der Waals surface area contributed by atoms with Gasteiger partial charge in [-0.1, -0.05) is 36.4 Å². The van der Waals surface area contributed by atoms with Gasteiger partial charge in [-0.25, -0.2) is 13.1 Å². The molecule has 1 aliphatic rings. The fourth-order valence-electron chi connectivity index (χ4n) is 2.71. The van der Waals surface area contributed by atoms with Crippen LogP contribution in [0.25, 0.3) is 0 Å². The minimum atomic E-state index is -3.63. The van der Waals surface area contributed by atoms with Gasteiger partial charge in [0, 0.05) is 31.6 Å². The lowest BCUT2D eigenvalue weighted by atomic mass is 10.2. The molecular formula is C21H25N3O4S. The van der Waals surface area contributed by atoms with E-state index in [2.05, 4.69) is 15.4 Å². The standard InChI is InChI=1S/C21H25N3O4S/c25-20(23-14-16-5-2-1-3-6-16)11-12-22-21(26)18-7-4-8-19(13-18)29(27,28)24-15-17-9-10-17/h1-8,13,17,24H,9-12,14-15H2,(H,22,26)(H,23,25). The van der Waals surface area contributed by atoms with E-state index in [-0.39, 0.29) is 29.3 Å². The van der Waals surface area contributed by atoms with Gasteiger partial charge in [-0.15, -0.1) is 0 Å². The Hall–Kier alpha value is -2.71. The molecule has 0 heterocycles. The van der Waals surface area contributed by atoms with Crippen LogP contribution in [0.15, 0.2) is 59.5 Å². The molecule has 8 heteroatoms. The molecule has 3 rings (SSSR count). The Labute approximate surface area is 171 Å². The lowest BCUT2D eigenvalue weighted by Gasteiger charge is -2.09. The molecule has 1 aliphatic carbocycles. The van der Waals surface area contributed by atoms with E-state index in [0.717, 1.165) is 18.4 Å². The van der Waals surface area contributed by atoms with Crippen molar-refractivity contribution >= 4 is 21.8 Å². The fraction of sp³-hybridized carbons (Fsp3) is 0.333. The molecule has 7 nitrogen and oxygen atoms in total. The summed E-state index contributed by atoms with van der Waals surface area (Å²) < 4.78 is 27.2. The largest absolute Gasteiger partial charge is 0.352 e. The highest BCUT2D eigenvalue weighted by Gasteiger charge is 2.24. The zero-order chi connectivity index (χ0) is 20.7. The minimum absolute atomic E-state index is 0.0615. The molecule has 0 aromatic heterocycles. The van der Waals surface area contributed by atoms with E-state index >= 15 is 0 Å². The minimum Gasteiger partial charge on any atom is -0.352 e. The van der Waals surface area contributed by atoms with E-state index in [9.17, 15) is 18.0 Å². The number of rotatable bonds is 10. The van der Waals surface area contributed by atoms with E-state index in [4.69, 9.17) is 0 Å². The summed E-state index contributed by atoms with van der Waals surface area (Å²) in [5, 5.41) is 5.44. The summed E-state index contributed by atoms with van der Waals surface area (Å²) in [6, 6.07) is 15.4. The van der Waals surface area contributed by atoms with Crippen molar-refractivity contribution < 1.29 is 18.0 Å². The van der Waals surface area contributed by atoms with Gasteiger partial charge in [-0.2, -0.15) is 0 Å². The van der Waals surface area contributed by atoms with Gasteiger partial charge in [0.05, 0.1) is 4.90 Å². The third-order valence-corrected chi connectivity index (χ3v) is 6.06. The van der Waals surface area contributed by atoms with Crippen molar-refractivity contribution in [2.45, 2.75) is 30.7 Å². The number of carbonyl (C=O) groups is 2. The summed E-state index contributed by atoms with van der Waals surface area (Å²) in [6.45, 7) is 1.02. The molecule has 0 saturated heterocycles. The van der Waals surface area contributed by atoms with Gasteiger partial charge >= 0.3 is 0 Å². The lowest BCUT2D eigenvalue weighted by molar-refractivity contribution is -0.121. The van der Waals surface area contributed by atoms with E-state index < -0.39 is 15.9 Å². The van der Waals surface area contributed by atoms with Crippen LogP contribution < -0.4 is 15.4 Å². The third-order valence-electron chi connectivity index (χ3n) is 4.64. The SMILES string of the molecule is O=C(CCNC(=O)c1cccc(S(=O)(=O)NCC2CC2)c1)NCc1ccccc1. The first-order valence-corrected chi connectivity index (χ1v) is 11.1. The summed E-state index contributed by atoms with van der Waals surface area (Å²) in [6.07, 6.45) is 2.23. The number of amides is 2. The smallest absolute Gasteiger partial charge is 0.251 e. The molecule has 0 unspecified atom stereocenters. The first kappa shape index (κ1) is 21.0. The monoisotopic (exact) mass is 415 g/mol. The number of carbonyl (C=O) groups excluding carboxylic acids is 2. The van der Waals surface area contributed by atoms with Gasteiger partial charge < -0.3 is 10.6 Å². The van der Waals surface area contributed by atoms with Crippen LogP contribution in [0.5, 0.6) is 0 Å². The maximum Gasteiger partial charge on any atom is 0.251 e. The van der Waals surface area contributed by atoms with Crippen molar-refractivity contribution in [1.29, 1.82) is 0 Å². The van der Waals surface area contributed by atoms with Crippen molar-refractivity contribution in [1.82, 2.24) is 15.4 Å². The quantitative estimate of drug-likeness (QED) is 0.550. The first-order chi connectivity index (χ1) is 13.9. The summed E-state index contributed by atoms with van der Waals surface area (Å²) >= 11 is 0. The van der Waals surface area contributed by atoms with E-state index in [0.29, 0.717) is 19.0 Å². The van der Waals surface area contributed by atoms with Crippen LogP contribution in [0.4, 0.5) is 0 Å². The molecule has 0 bridgehead atoms. The number of sulfonamides is 1. The molecule has 1 fully saturated rings. The number of hydrogen-bond acceptors (Lipinski definition) is 4. The Balaban J connectivity index is 1.45. The molecular weight excluding hydrogens is 390 g/mol. The number of nitrogens with one attached hydrogen (secondary N) is 3. The third kappa shape index (κ3) is 6.69. The molecule has 3 N–H and O–H groups in total. The highest BCUT2D eigenvalue weighted by atomic mass is 32.2. The van der Waals surface area contributed by atoms with Crippen LogP contribution in [-0.2, 0) is 21.4 Å². The summed E-state index contributed by atoms with van der Waals surface area (Å²) in [4.78, 5) is 24.3. The predicted molar refractivity (Wildman–Crippen MR) is 110 cm³/mol. The highest BCUT2D eigenvalue weighted by molar-refractivity contribution is 7.89. The van der Waals surface area contributed by atoms with Crippen LogP contribution in [0.3, 0.4) is 0 Å². The fourth-order valence-corrected chi connectivity index (χ4v) is 3.88. The van der Waals surface area contributed by atoms with Crippen molar-refractivity contribution in [3.8, 4) is 0 Å². The van der Waals surface area contributed by atoms with Crippen molar-refractivity contribution in [3.05, 3.63) is 65.7 Å². The molecule has 1 saturated carbocycles. The van der Waals surface area contributed by atoms with Gasteiger partial charge in [0.1, 0.15) is 0 Å². The summed E-state index contributed by atoms with van der Waals surface area (Å²) in [5.74, 6) is -0.167. The second-order valence-electron chi connectivity index (χ2n) is 7.09. The van der Waals surface area contributed by atoms with E-state index in [1.165, 1.54) is 18.2 Å². The summed E-state index contributed by atoms with van der Waals surface area (Å²) in [7, 11) is -3.63. The Bertz CT molecular complexity index is 957. The Morgan fingerprint density at radius 3 is 2.45 bits per heavy atom. The van der Waals surface area contributed by atoms with Gasteiger partial charge in [-0.05, 0) is 42.5 Å². The van der Waals surface area contributed by atoms with Crippen LogP contribution >= 0.6 is 0 Å². The van der Waals surface area contributed by atoms with Crippen molar-refractivity contribution in [3.63, 3.8) is 0 Å². The Morgan fingerprint density at radius 2 is 1.72 bits per heavy atom. The molecule has 29 heavy (non-hydrogen) atoms. The topological polar surface area (TPSA) is 104 Å². The van der Waals surface area contributed by atoms with E-state index in [1.54, 1.807) is 6.07 Å².